The molecular formula is C18H27N3OS. The highest BCUT2D eigenvalue weighted by atomic mass is 32.2. The van der Waals surface area contributed by atoms with Gasteiger partial charge in [-0.3, -0.25) is 0 Å². The van der Waals surface area contributed by atoms with Crippen molar-refractivity contribution in [2.45, 2.75) is 18.7 Å². The van der Waals surface area contributed by atoms with Crippen LogP contribution in [-0.2, 0) is 0 Å². The summed E-state index contributed by atoms with van der Waals surface area (Å²) in [6.07, 6.45) is 0. The molecule has 1 saturated carbocycles. The summed E-state index contributed by atoms with van der Waals surface area (Å²) in [5, 5.41) is 3.02. The lowest BCUT2D eigenvalue weighted by Gasteiger charge is -2.22. The second-order valence-corrected chi connectivity index (χ2v) is 8.71. The van der Waals surface area contributed by atoms with E-state index in [9.17, 15) is 4.79 Å². The first kappa shape index (κ1) is 16.7. The normalized spacial score (nSPS) is 24.7. The first-order valence-corrected chi connectivity index (χ1v) is 9.30. The summed E-state index contributed by atoms with van der Waals surface area (Å²) >= 11 is 1.84. The van der Waals surface area contributed by atoms with Gasteiger partial charge in [0.1, 0.15) is 0 Å². The summed E-state index contributed by atoms with van der Waals surface area (Å²) in [6.45, 7) is 7.50. The van der Waals surface area contributed by atoms with E-state index in [-0.39, 0.29) is 6.03 Å². The van der Waals surface area contributed by atoms with Gasteiger partial charge in [-0.2, -0.15) is 0 Å². The van der Waals surface area contributed by atoms with Crippen molar-refractivity contribution in [1.82, 2.24) is 9.80 Å². The number of amides is 2. The lowest BCUT2D eigenvalue weighted by Crippen LogP contribution is -2.36. The Morgan fingerprint density at radius 2 is 1.87 bits per heavy atom. The second kappa shape index (κ2) is 6.36. The Kier molecular flexibility index (Phi) is 4.61. The molecule has 0 bridgehead atoms. The van der Waals surface area contributed by atoms with Gasteiger partial charge >= 0.3 is 6.03 Å². The molecule has 2 fully saturated rings. The van der Waals surface area contributed by atoms with Gasteiger partial charge in [0, 0.05) is 36.0 Å². The Morgan fingerprint density at radius 1 is 1.26 bits per heavy atom. The number of piperidine rings is 1. The van der Waals surface area contributed by atoms with Crippen LogP contribution in [-0.4, -0.2) is 55.3 Å². The zero-order chi connectivity index (χ0) is 16.6. The predicted octanol–water partition coefficient (Wildman–Crippen LogP) is 3.46. The van der Waals surface area contributed by atoms with E-state index >= 15 is 0 Å². The summed E-state index contributed by atoms with van der Waals surface area (Å²) in [7, 11) is 4.17. The van der Waals surface area contributed by atoms with Crippen LogP contribution >= 0.6 is 11.8 Å². The molecule has 1 aliphatic heterocycles. The highest BCUT2D eigenvalue weighted by Crippen LogP contribution is 2.61. The number of rotatable bonds is 5. The topological polar surface area (TPSA) is 35.6 Å². The van der Waals surface area contributed by atoms with Crippen molar-refractivity contribution in [3.05, 3.63) is 24.3 Å². The van der Waals surface area contributed by atoms with Crippen molar-refractivity contribution < 1.29 is 4.79 Å². The van der Waals surface area contributed by atoms with Crippen LogP contribution in [0.15, 0.2) is 29.2 Å². The molecule has 1 aromatic carbocycles. The Balaban J connectivity index is 1.46. The molecule has 0 radical (unpaired) electrons. The molecule has 5 heteroatoms. The maximum absolute atomic E-state index is 12.3. The molecule has 2 amide bonds. The van der Waals surface area contributed by atoms with Gasteiger partial charge < -0.3 is 15.1 Å². The zero-order valence-corrected chi connectivity index (χ0v) is 15.3. The minimum atomic E-state index is 0.0426. The lowest BCUT2D eigenvalue weighted by molar-refractivity contribution is 0.209. The third kappa shape index (κ3) is 3.66. The number of nitrogens with zero attached hydrogens (tertiary/aromatic N) is 2. The fraction of sp³-hybridized carbons (Fsp3) is 0.611. The molecule has 23 heavy (non-hydrogen) atoms. The van der Waals surface area contributed by atoms with Crippen molar-refractivity contribution in [1.29, 1.82) is 0 Å². The molecule has 1 N–H and O–H groups in total. The highest BCUT2D eigenvalue weighted by molar-refractivity contribution is 7.99. The van der Waals surface area contributed by atoms with Gasteiger partial charge in [0.15, 0.2) is 0 Å². The largest absolute Gasteiger partial charge is 0.324 e. The van der Waals surface area contributed by atoms with Crippen molar-refractivity contribution in [3.63, 3.8) is 0 Å². The number of nitrogens with one attached hydrogen (secondary N) is 1. The maximum atomic E-state index is 12.3. The molecule has 1 aliphatic carbocycles. The van der Waals surface area contributed by atoms with Crippen LogP contribution in [0.25, 0.3) is 0 Å². The minimum Gasteiger partial charge on any atom is -0.324 e. The standard InChI is InChI=1S/C18H27N3OS/c1-18(2)15-11-21(12-16(15)18)17(22)19-13-5-7-14(8-6-13)23-10-9-20(3)4/h5-8,15-16H,9-12H2,1-4H3,(H,19,22)/t15-,16+. The van der Waals surface area contributed by atoms with Crippen LogP contribution in [0.4, 0.5) is 10.5 Å². The minimum absolute atomic E-state index is 0.0426. The van der Waals surface area contributed by atoms with Crippen LogP contribution in [0.2, 0.25) is 0 Å². The highest BCUT2D eigenvalue weighted by Gasteiger charge is 2.62. The van der Waals surface area contributed by atoms with Crippen LogP contribution in [0.5, 0.6) is 0 Å². The molecule has 2 atom stereocenters. The molecule has 1 heterocycles. The number of benzene rings is 1. The Morgan fingerprint density at radius 3 is 2.43 bits per heavy atom. The third-order valence-electron chi connectivity index (χ3n) is 5.32. The molecular weight excluding hydrogens is 306 g/mol. The van der Waals surface area contributed by atoms with E-state index < -0.39 is 0 Å². The monoisotopic (exact) mass is 333 g/mol. The summed E-state index contributed by atoms with van der Waals surface area (Å²) < 4.78 is 0. The summed E-state index contributed by atoms with van der Waals surface area (Å²) in [5.41, 5.74) is 1.33. The molecule has 126 valence electrons. The van der Waals surface area contributed by atoms with E-state index in [1.807, 2.05) is 28.8 Å². The van der Waals surface area contributed by atoms with Gasteiger partial charge in [-0.1, -0.05) is 13.8 Å². The number of anilines is 1. The number of hydrogen-bond donors (Lipinski definition) is 1. The van der Waals surface area contributed by atoms with E-state index in [4.69, 9.17) is 0 Å². The number of likely N-dealkylation sites (tertiary alicyclic amines) is 1. The molecule has 1 saturated heterocycles. The van der Waals surface area contributed by atoms with Crippen LogP contribution in [0.1, 0.15) is 13.8 Å². The number of urea groups is 1. The molecule has 1 aromatic rings. The number of carbonyl (C=O) groups is 1. The molecule has 4 nitrogen and oxygen atoms in total. The van der Waals surface area contributed by atoms with E-state index in [1.54, 1.807) is 0 Å². The third-order valence-corrected chi connectivity index (χ3v) is 6.31. The van der Waals surface area contributed by atoms with Crippen LogP contribution in [0.3, 0.4) is 0 Å². The fourth-order valence-electron chi connectivity index (χ4n) is 3.48. The van der Waals surface area contributed by atoms with Crippen molar-refractivity contribution >= 4 is 23.5 Å². The summed E-state index contributed by atoms with van der Waals surface area (Å²) in [5.74, 6) is 2.47. The quantitative estimate of drug-likeness (QED) is 0.838. The average molecular weight is 334 g/mol. The Bertz CT molecular complexity index is 556. The van der Waals surface area contributed by atoms with Crippen molar-refractivity contribution in [3.8, 4) is 0 Å². The lowest BCUT2D eigenvalue weighted by atomic mass is 10.1. The van der Waals surface area contributed by atoms with Gasteiger partial charge in [0.25, 0.3) is 0 Å². The number of fused-ring (bicyclic) bond motifs is 1. The van der Waals surface area contributed by atoms with Gasteiger partial charge in [0.2, 0.25) is 0 Å². The molecule has 0 spiro atoms. The second-order valence-electron chi connectivity index (χ2n) is 7.55. The van der Waals surface area contributed by atoms with E-state index in [0.29, 0.717) is 17.3 Å². The molecule has 0 aromatic heterocycles. The smallest absolute Gasteiger partial charge is 0.321 e. The predicted molar refractivity (Wildman–Crippen MR) is 97.1 cm³/mol. The molecule has 0 unspecified atom stereocenters. The first-order valence-electron chi connectivity index (χ1n) is 8.31. The van der Waals surface area contributed by atoms with E-state index in [1.165, 1.54) is 4.90 Å². The summed E-state index contributed by atoms with van der Waals surface area (Å²) in [6, 6.07) is 8.20. The average Bonchev–Trinajstić information content (AvgIpc) is 2.88. The van der Waals surface area contributed by atoms with E-state index in [0.717, 1.165) is 31.1 Å². The van der Waals surface area contributed by atoms with Gasteiger partial charge in [-0.25, -0.2) is 4.79 Å². The van der Waals surface area contributed by atoms with Gasteiger partial charge in [-0.05, 0) is 55.6 Å². The first-order chi connectivity index (χ1) is 10.9. The number of hydrogen-bond acceptors (Lipinski definition) is 3. The number of thioether (sulfide) groups is 1. The SMILES string of the molecule is CN(C)CCSc1ccc(NC(=O)N2C[C@@H]3[C@H](C2)C3(C)C)cc1. The maximum Gasteiger partial charge on any atom is 0.321 e. The van der Waals surface area contributed by atoms with Crippen LogP contribution in [0, 0.1) is 17.3 Å². The Hall–Kier alpha value is -1.20. The number of carbonyl (C=O) groups excluding carboxylic acids is 1. The fourth-order valence-corrected chi connectivity index (χ4v) is 4.50. The zero-order valence-electron chi connectivity index (χ0n) is 14.5. The molecule has 2 aliphatic rings. The van der Waals surface area contributed by atoms with Gasteiger partial charge in [-0.15, -0.1) is 11.8 Å². The van der Waals surface area contributed by atoms with E-state index in [2.05, 4.69) is 50.3 Å². The Labute approximate surface area is 143 Å². The van der Waals surface area contributed by atoms with Crippen molar-refractivity contribution in [2.24, 2.45) is 17.3 Å². The molecule has 3 rings (SSSR count). The van der Waals surface area contributed by atoms with Crippen LogP contribution < -0.4 is 5.32 Å². The van der Waals surface area contributed by atoms with Crippen molar-refractivity contribution in [2.75, 3.05) is 44.8 Å². The van der Waals surface area contributed by atoms with Gasteiger partial charge in [0.05, 0.1) is 0 Å². The summed E-state index contributed by atoms with van der Waals surface area (Å²) in [4.78, 5) is 17.7.